The molecule has 0 heterocycles. The number of hydrogen-bond acceptors (Lipinski definition) is 2. The van der Waals surface area contributed by atoms with Crippen molar-refractivity contribution in [2.24, 2.45) is 0 Å². The summed E-state index contributed by atoms with van der Waals surface area (Å²) in [7, 11) is 0. The van der Waals surface area contributed by atoms with E-state index in [1.54, 1.807) is 30.3 Å². The van der Waals surface area contributed by atoms with Crippen LogP contribution < -0.4 is 10.1 Å². The smallest absolute Gasteiger partial charge is 0.228 e. The molecule has 0 fully saturated rings. The molecule has 0 aliphatic heterocycles. The highest BCUT2D eigenvalue weighted by Crippen LogP contribution is 2.23. The van der Waals surface area contributed by atoms with Gasteiger partial charge in [-0.05, 0) is 48.5 Å². The Balaban J connectivity index is 1.62. The van der Waals surface area contributed by atoms with Gasteiger partial charge in [0, 0.05) is 16.3 Å². The van der Waals surface area contributed by atoms with Gasteiger partial charge in [-0.25, -0.2) is 4.39 Å². The van der Waals surface area contributed by atoms with Gasteiger partial charge in [0.05, 0.1) is 6.42 Å². The SMILES string of the molecule is O=C(Cc1c(F)cccc1Cl)Nc1ccc(Oc2ccccc2)cc1. The molecule has 1 amide bonds. The van der Waals surface area contributed by atoms with E-state index in [2.05, 4.69) is 5.32 Å². The summed E-state index contributed by atoms with van der Waals surface area (Å²) in [5.74, 6) is 0.549. The first kappa shape index (κ1) is 17.0. The fourth-order valence-electron chi connectivity index (χ4n) is 2.30. The van der Waals surface area contributed by atoms with Crippen molar-refractivity contribution >= 4 is 23.2 Å². The predicted octanol–water partition coefficient (Wildman–Crippen LogP) is 5.45. The molecule has 0 aliphatic rings. The van der Waals surface area contributed by atoms with Crippen molar-refractivity contribution in [1.29, 1.82) is 0 Å². The van der Waals surface area contributed by atoms with Crippen molar-refractivity contribution in [3.8, 4) is 11.5 Å². The first-order valence-electron chi connectivity index (χ1n) is 7.67. The maximum absolute atomic E-state index is 13.7. The van der Waals surface area contributed by atoms with E-state index in [0.29, 0.717) is 11.4 Å². The summed E-state index contributed by atoms with van der Waals surface area (Å²) in [6, 6.07) is 20.7. The van der Waals surface area contributed by atoms with Crippen LogP contribution in [-0.2, 0) is 11.2 Å². The lowest BCUT2D eigenvalue weighted by Crippen LogP contribution is -2.15. The molecule has 0 unspecified atom stereocenters. The highest BCUT2D eigenvalue weighted by atomic mass is 35.5. The van der Waals surface area contributed by atoms with E-state index in [9.17, 15) is 9.18 Å². The van der Waals surface area contributed by atoms with Crippen molar-refractivity contribution in [1.82, 2.24) is 0 Å². The molecule has 0 saturated heterocycles. The molecule has 0 radical (unpaired) electrons. The Hall–Kier alpha value is -2.85. The number of halogens is 2. The van der Waals surface area contributed by atoms with Crippen LogP contribution in [0.2, 0.25) is 5.02 Å². The third-order valence-electron chi connectivity index (χ3n) is 3.52. The second kappa shape index (κ2) is 7.81. The number of amides is 1. The number of nitrogens with one attached hydrogen (secondary N) is 1. The van der Waals surface area contributed by atoms with Crippen LogP contribution in [0.3, 0.4) is 0 Å². The Morgan fingerprint density at radius 2 is 1.60 bits per heavy atom. The minimum Gasteiger partial charge on any atom is -0.457 e. The Morgan fingerprint density at radius 1 is 0.920 bits per heavy atom. The zero-order valence-electron chi connectivity index (χ0n) is 13.2. The van der Waals surface area contributed by atoms with Crippen LogP contribution in [0, 0.1) is 5.82 Å². The summed E-state index contributed by atoms with van der Waals surface area (Å²) in [6.45, 7) is 0. The summed E-state index contributed by atoms with van der Waals surface area (Å²) in [5, 5.41) is 2.95. The van der Waals surface area contributed by atoms with E-state index in [4.69, 9.17) is 16.3 Å². The fourth-order valence-corrected chi connectivity index (χ4v) is 2.53. The Labute approximate surface area is 150 Å². The zero-order valence-corrected chi connectivity index (χ0v) is 14.0. The number of carbonyl (C=O) groups excluding carboxylic acids is 1. The molecule has 3 aromatic carbocycles. The van der Waals surface area contributed by atoms with Gasteiger partial charge in [0.15, 0.2) is 0 Å². The van der Waals surface area contributed by atoms with E-state index >= 15 is 0 Å². The van der Waals surface area contributed by atoms with Gasteiger partial charge in [0.1, 0.15) is 17.3 Å². The van der Waals surface area contributed by atoms with Gasteiger partial charge in [0.2, 0.25) is 5.91 Å². The highest BCUT2D eigenvalue weighted by Gasteiger charge is 2.12. The zero-order chi connectivity index (χ0) is 17.6. The van der Waals surface area contributed by atoms with Crippen LogP contribution in [0.1, 0.15) is 5.56 Å². The van der Waals surface area contributed by atoms with Gasteiger partial charge in [0.25, 0.3) is 0 Å². The van der Waals surface area contributed by atoms with E-state index < -0.39 is 5.82 Å². The van der Waals surface area contributed by atoms with E-state index in [1.165, 1.54) is 12.1 Å². The van der Waals surface area contributed by atoms with Crippen molar-refractivity contribution in [3.63, 3.8) is 0 Å². The first-order valence-corrected chi connectivity index (χ1v) is 8.05. The predicted molar refractivity (Wildman–Crippen MR) is 96.7 cm³/mol. The summed E-state index contributed by atoms with van der Waals surface area (Å²) in [5.41, 5.74) is 0.781. The van der Waals surface area contributed by atoms with Crippen molar-refractivity contribution in [2.45, 2.75) is 6.42 Å². The highest BCUT2D eigenvalue weighted by molar-refractivity contribution is 6.31. The molecular weight excluding hydrogens is 341 g/mol. The second-order valence-electron chi connectivity index (χ2n) is 5.36. The summed E-state index contributed by atoms with van der Waals surface area (Å²) >= 11 is 5.94. The largest absolute Gasteiger partial charge is 0.457 e. The molecule has 1 N–H and O–H groups in total. The average Bonchev–Trinajstić information content (AvgIpc) is 2.61. The molecule has 0 atom stereocenters. The van der Waals surface area contributed by atoms with E-state index in [-0.39, 0.29) is 22.9 Å². The lowest BCUT2D eigenvalue weighted by molar-refractivity contribution is -0.115. The van der Waals surface area contributed by atoms with Crippen LogP contribution in [0.4, 0.5) is 10.1 Å². The molecule has 3 nitrogen and oxygen atoms in total. The Bertz CT molecular complexity index is 846. The van der Waals surface area contributed by atoms with Crippen LogP contribution in [0.5, 0.6) is 11.5 Å². The maximum Gasteiger partial charge on any atom is 0.228 e. The first-order chi connectivity index (χ1) is 12.1. The van der Waals surface area contributed by atoms with E-state index in [0.717, 1.165) is 5.75 Å². The summed E-state index contributed by atoms with van der Waals surface area (Å²) in [4.78, 5) is 12.1. The van der Waals surface area contributed by atoms with Crippen LogP contribution in [-0.4, -0.2) is 5.91 Å². The lowest BCUT2D eigenvalue weighted by atomic mass is 10.1. The Morgan fingerprint density at radius 3 is 2.28 bits per heavy atom. The molecule has 3 aromatic rings. The fraction of sp³-hybridized carbons (Fsp3) is 0.0500. The second-order valence-corrected chi connectivity index (χ2v) is 5.77. The number of benzene rings is 3. The number of anilines is 1. The number of hydrogen-bond donors (Lipinski definition) is 1. The molecular formula is C20H15ClFNO2. The monoisotopic (exact) mass is 355 g/mol. The molecule has 3 rings (SSSR count). The van der Waals surface area contributed by atoms with Crippen molar-refractivity contribution in [2.75, 3.05) is 5.32 Å². The van der Waals surface area contributed by atoms with Crippen molar-refractivity contribution < 1.29 is 13.9 Å². The van der Waals surface area contributed by atoms with Gasteiger partial charge >= 0.3 is 0 Å². The van der Waals surface area contributed by atoms with Gasteiger partial charge in [-0.1, -0.05) is 35.9 Å². The summed E-state index contributed by atoms with van der Waals surface area (Å²) < 4.78 is 19.4. The average molecular weight is 356 g/mol. The van der Waals surface area contributed by atoms with Gasteiger partial charge in [-0.3, -0.25) is 4.79 Å². The van der Waals surface area contributed by atoms with E-state index in [1.807, 2.05) is 30.3 Å². The minimum absolute atomic E-state index is 0.131. The van der Waals surface area contributed by atoms with Crippen LogP contribution in [0.15, 0.2) is 72.8 Å². The molecule has 126 valence electrons. The Kier molecular flexibility index (Phi) is 5.31. The third-order valence-corrected chi connectivity index (χ3v) is 3.87. The quantitative estimate of drug-likeness (QED) is 0.660. The molecule has 0 saturated carbocycles. The van der Waals surface area contributed by atoms with Gasteiger partial charge in [-0.2, -0.15) is 0 Å². The standard InChI is InChI=1S/C20H15ClFNO2/c21-18-7-4-8-19(22)17(18)13-20(24)23-14-9-11-16(12-10-14)25-15-5-2-1-3-6-15/h1-12H,13H2,(H,23,24). The number of ether oxygens (including phenoxy) is 1. The summed E-state index contributed by atoms with van der Waals surface area (Å²) in [6.07, 6.45) is -0.131. The molecule has 0 bridgehead atoms. The molecule has 0 aliphatic carbocycles. The normalized spacial score (nSPS) is 10.3. The maximum atomic E-state index is 13.7. The number of carbonyl (C=O) groups is 1. The molecule has 0 aromatic heterocycles. The topological polar surface area (TPSA) is 38.3 Å². The molecule has 5 heteroatoms. The number of rotatable bonds is 5. The van der Waals surface area contributed by atoms with Crippen molar-refractivity contribution in [3.05, 3.63) is 89.2 Å². The molecule has 25 heavy (non-hydrogen) atoms. The number of para-hydroxylation sites is 1. The lowest BCUT2D eigenvalue weighted by Gasteiger charge is -2.09. The van der Waals surface area contributed by atoms with Gasteiger partial charge in [-0.15, -0.1) is 0 Å². The van der Waals surface area contributed by atoms with Crippen LogP contribution >= 0.6 is 11.6 Å². The minimum atomic E-state index is -0.491. The van der Waals surface area contributed by atoms with Gasteiger partial charge < -0.3 is 10.1 Å². The third kappa shape index (κ3) is 4.58. The molecule has 0 spiro atoms. The van der Waals surface area contributed by atoms with Crippen LogP contribution in [0.25, 0.3) is 0 Å².